The van der Waals surface area contributed by atoms with Crippen LogP contribution in [0.2, 0.25) is 0 Å². The van der Waals surface area contributed by atoms with E-state index in [9.17, 15) is 0 Å². The summed E-state index contributed by atoms with van der Waals surface area (Å²) in [6.07, 6.45) is 0. The van der Waals surface area contributed by atoms with Crippen molar-refractivity contribution < 1.29 is 0 Å². The van der Waals surface area contributed by atoms with E-state index >= 15 is 0 Å². The van der Waals surface area contributed by atoms with Crippen molar-refractivity contribution in [2.45, 2.75) is 33.7 Å². The Bertz CT molecular complexity index is 540. The fourth-order valence-corrected chi connectivity index (χ4v) is 1.96. The maximum Gasteiger partial charge on any atom is 0.102 e. The zero-order valence-electron chi connectivity index (χ0n) is 10.7. The molecule has 2 rings (SSSR count). The van der Waals surface area contributed by atoms with Crippen LogP contribution in [0.1, 0.15) is 35.5 Å². The van der Waals surface area contributed by atoms with Crippen molar-refractivity contribution in [1.82, 2.24) is 15.0 Å². The van der Waals surface area contributed by atoms with Gasteiger partial charge in [-0.3, -0.25) is 0 Å². The van der Waals surface area contributed by atoms with E-state index in [2.05, 4.69) is 36.3 Å². The van der Waals surface area contributed by atoms with Crippen molar-refractivity contribution in [2.24, 2.45) is 5.73 Å². The molecule has 0 aliphatic carbocycles. The summed E-state index contributed by atoms with van der Waals surface area (Å²) in [4.78, 5) is 0. The van der Waals surface area contributed by atoms with Gasteiger partial charge >= 0.3 is 0 Å². The third kappa shape index (κ3) is 1.96. The molecule has 1 aromatic carbocycles. The van der Waals surface area contributed by atoms with E-state index in [4.69, 9.17) is 5.73 Å². The molecule has 90 valence electrons. The van der Waals surface area contributed by atoms with Gasteiger partial charge in [0.1, 0.15) is 5.69 Å². The van der Waals surface area contributed by atoms with E-state index in [1.54, 1.807) is 0 Å². The van der Waals surface area contributed by atoms with Gasteiger partial charge in [-0.05, 0) is 44.9 Å². The zero-order valence-corrected chi connectivity index (χ0v) is 10.7. The van der Waals surface area contributed by atoms with Crippen LogP contribution < -0.4 is 5.73 Å². The Morgan fingerprint density at radius 2 is 1.94 bits per heavy atom. The summed E-state index contributed by atoms with van der Waals surface area (Å²) in [5.74, 6) is 0. The predicted octanol–water partition coefficient (Wildman–Crippen LogP) is 2.21. The van der Waals surface area contributed by atoms with Gasteiger partial charge in [0.15, 0.2) is 0 Å². The lowest BCUT2D eigenvalue weighted by atomic mass is 10.1. The van der Waals surface area contributed by atoms with Crippen LogP contribution in [0.4, 0.5) is 0 Å². The van der Waals surface area contributed by atoms with Gasteiger partial charge in [-0.15, -0.1) is 5.10 Å². The SMILES string of the molecule is Cc1cccc(-n2nnc(C(C)N)c2C)c1C. The van der Waals surface area contributed by atoms with Crippen LogP contribution in [0, 0.1) is 20.8 Å². The van der Waals surface area contributed by atoms with E-state index < -0.39 is 0 Å². The second-order valence-corrected chi connectivity index (χ2v) is 4.48. The van der Waals surface area contributed by atoms with Gasteiger partial charge in [0.05, 0.1) is 11.4 Å². The van der Waals surface area contributed by atoms with Crippen molar-refractivity contribution in [3.05, 3.63) is 40.7 Å². The maximum absolute atomic E-state index is 5.86. The molecule has 1 unspecified atom stereocenters. The number of rotatable bonds is 2. The summed E-state index contributed by atoms with van der Waals surface area (Å²) in [6.45, 7) is 8.11. The van der Waals surface area contributed by atoms with Crippen LogP contribution in [0.25, 0.3) is 5.69 Å². The molecule has 0 spiro atoms. The fraction of sp³-hybridized carbons (Fsp3) is 0.385. The van der Waals surface area contributed by atoms with E-state index in [0.29, 0.717) is 0 Å². The van der Waals surface area contributed by atoms with Crippen LogP contribution in [-0.4, -0.2) is 15.0 Å². The highest BCUT2D eigenvalue weighted by molar-refractivity contribution is 5.45. The van der Waals surface area contributed by atoms with Crippen LogP contribution in [0.5, 0.6) is 0 Å². The van der Waals surface area contributed by atoms with E-state index in [1.165, 1.54) is 11.1 Å². The van der Waals surface area contributed by atoms with Crippen molar-refractivity contribution in [1.29, 1.82) is 0 Å². The second-order valence-electron chi connectivity index (χ2n) is 4.48. The summed E-state index contributed by atoms with van der Waals surface area (Å²) >= 11 is 0. The van der Waals surface area contributed by atoms with Gasteiger partial charge < -0.3 is 5.73 Å². The highest BCUT2D eigenvalue weighted by Gasteiger charge is 2.14. The lowest BCUT2D eigenvalue weighted by Gasteiger charge is -2.10. The molecule has 0 fully saturated rings. The Kier molecular flexibility index (Phi) is 2.98. The van der Waals surface area contributed by atoms with Crippen LogP contribution in [-0.2, 0) is 0 Å². The Labute approximate surface area is 101 Å². The number of hydrogen-bond acceptors (Lipinski definition) is 3. The van der Waals surface area contributed by atoms with Gasteiger partial charge in [-0.2, -0.15) is 0 Å². The molecule has 0 aliphatic heterocycles. The summed E-state index contributed by atoms with van der Waals surface area (Å²) in [6, 6.07) is 6.09. The molecule has 0 saturated carbocycles. The molecule has 1 atom stereocenters. The first-order valence-corrected chi connectivity index (χ1v) is 5.76. The zero-order chi connectivity index (χ0) is 12.6. The van der Waals surface area contributed by atoms with Crippen molar-refractivity contribution in [3.63, 3.8) is 0 Å². The molecule has 0 saturated heterocycles. The van der Waals surface area contributed by atoms with Crippen molar-refractivity contribution in [2.75, 3.05) is 0 Å². The van der Waals surface area contributed by atoms with Gasteiger partial charge in [0.2, 0.25) is 0 Å². The topological polar surface area (TPSA) is 56.7 Å². The Balaban J connectivity index is 2.58. The average Bonchev–Trinajstić information content (AvgIpc) is 2.64. The van der Waals surface area contributed by atoms with E-state index in [1.807, 2.05) is 24.6 Å². The molecular formula is C13H18N4. The van der Waals surface area contributed by atoms with Gasteiger partial charge in [-0.1, -0.05) is 17.3 Å². The Morgan fingerprint density at radius 3 is 2.53 bits per heavy atom. The Hall–Kier alpha value is -1.68. The summed E-state index contributed by atoms with van der Waals surface area (Å²) in [7, 11) is 0. The number of nitrogens with zero attached hydrogens (tertiary/aromatic N) is 3. The van der Waals surface area contributed by atoms with Crippen LogP contribution in [0.3, 0.4) is 0 Å². The molecule has 17 heavy (non-hydrogen) atoms. The van der Waals surface area contributed by atoms with Gasteiger partial charge in [0.25, 0.3) is 0 Å². The highest BCUT2D eigenvalue weighted by Crippen LogP contribution is 2.20. The number of hydrogen-bond donors (Lipinski definition) is 1. The number of aryl methyl sites for hydroxylation is 1. The molecule has 0 amide bonds. The molecule has 1 heterocycles. The van der Waals surface area contributed by atoms with E-state index in [0.717, 1.165) is 17.1 Å². The summed E-state index contributed by atoms with van der Waals surface area (Å²) in [5, 5.41) is 8.35. The normalized spacial score (nSPS) is 12.8. The second kappa shape index (κ2) is 4.30. The minimum absolute atomic E-state index is 0.0890. The summed E-state index contributed by atoms with van der Waals surface area (Å²) in [5.41, 5.74) is 11.3. The maximum atomic E-state index is 5.86. The van der Waals surface area contributed by atoms with E-state index in [-0.39, 0.29) is 6.04 Å². The lowest BCUT2D eigenvalue weighted by molar-refractivity contribution is 0.755. The molecule has 2 N–H and O–H groups in total. The van der Waals surface area contributed by atoms with Crippen LogP contribution >= 0.6 is 0 Å². The Morgan fingerprint density at radius 1 is 1.24 bits per heavy atom. The minimum atomic E-state index is -0.0890. The first-order valence-electron chi connectivity index (χ1n) is 5.76. The quantitative estimate of drug-likeness (QED) is 0.860. The minimum Gasteiger partial charge on any atom is -0.323 e. The van der Waals surface area contributed by atoms with Gasteiger partial charge in [0, 0.05) is 6.04 Å². The van der Waals surface area contributed by atoms with Crippen molar-refractivity contribution in [3.8, 4) is 5.69 Å². The van der Waals surface area contributed by atoms with Crippen molar-refractivity contribution >= 4 is 0 Å². The third-order valence-electron chi connectivity index (χ3n) is 3.17. The highest BCUT2D eigenvalue weighted by atomic mass is 15.4. The third-order valence-corrected chi connectivity index (χ3v) is 3.17. The fourth-order valence-electron chi connectivity index (χ4n) is 1.96. The molecule has 0 bridgehead atoms. The standard InChI is InChI=1S/C13H18N4/c1-8-6-5-7-12(9(8)2)17-11(4)13(10(3)14)15-16-17/h5-7,10H,14H2,1-4H3. The molecule has 0 radical (unpaired) electrons. The predicted molar refractivity (Wildman–Crippen MR) is 68.2 cm³/mol. The van der Waals surface area contributed by atoms with Crippen LogP contribution in [0.15, 0.2) is 18.2 Å². The van der Waals surface area contributed by atoms with Gasteiger partial charge in [-0.25, -0.2) is 4.68 Å². The average molecular weight is 230 g/mol. The molecule has 4 nitrogen and oxygen atoms in total. The largest absolute Gasteiger partial charge is 0.323 e. The lowest BCUT2D eigenvalue weighted by Crippen LogP contribution is -2.08. The molecule has 0 aliphatic rings. The smallest absolute Gasteiger partial charge is 0.102 e. The molecule has 4 heteroatoms. The first kappa shape index (κ1) is 11.8. The number of aromatic nitrogens is 3. The monoisotopic (exact) mass is 230 g/mol. The first-order chi connectivity index (χ1) is 8.02. The molecular weight excluding hydrogens is 212 g/mol. The number of nitrogens with two attached hydrogens (primary N) is 1. The molecule has 1 aromatic heterocycles. The number of benzene rings is 1. The molecule has 2 aromatic rings. The summed E-state index contributed by atoms with van der Waals surface area (Å²) < 4.78 is 1.86.